The highest BCUT2D eigenvalue weighted by molar-refractivity contribution is 7.87. The summed E-state index contributed by atoms with van der Waals surface area (Å²) in [5.74, 6) is -5.17. The fourth-order valence-electron chi connectivity index (χ4n) is 5.69. The van der Waals surface area contributed by atoms with Crippen molar-refractivity contribution in [2.45, 2.75) is 29.8 Å². The Bertz CT molecular complexity index is 1600. The number of anilines is 1. The van der Waals surface area contributed by atoms with E-state index in [0.717, 1.165) is 0 Å². The van der Waals surface area contributed by atoms with Crippen molar-refractivity contribution in [1.82, 2.24) is 0 Å². The molecule has 196 valence electrons. The zero-order chi connectivity index (χ0) is 27.6. The number of ketones is 2. The molecule has 3 N–H and O–H groups in total. The van der Waals surface area contributed by atoms with E-state index in [1.54, 1.807) is 37.2 Å². The van der Waals surface area contributed by atoms with Crippen molar-refractivity contribution in [2.75, 3.05) is 19.0 Å². The minimum atomic E-state index is -4.32. The molecule has 0 aliphatic heterocycles. The van der Waals surface area contributed by atoms with E-state index in [4.69, 9.17) is 4.18 Å². The van der Waals surface area contributed by atoms with Gasteiger partial charge in [0.25, 0.3) is 0 Å². The molecule has 2 aromatic carbocycles. The lowest BCUT2D eigenvalue weighted by atomic mass is 9.60. The van der Waals surface area contributed by atoms with E-state index in [-0.39, 0.29) is 41.0 Å². The molecule has 0 aromatic heterocycles. The average molecular weight is 537 g/mol. The second-order valence-electron chi connectivity index (χ2n) is 9.84. The third-order valence-corrected chi connectivity index (χ3v) is 8.73. The van der Waals surface area contributed by atoms with Crippen LogP contribution in [0, 0.1) is 23.2 Å². The third kappa shape index (κ3) is 3.60. The van der Waals surface area contributed by atoms with E-state index in [2.05, 4.69) is 0 Å². The Morgan fingerprint density at radius 1 is 1.08 bits per heavy atom. The molecule has 38 heavy (non-hydrogen) atoms. The van der Waals surface area contributed by atoms with Crippen LogP contribution in [0.3, 0.4) is 0 Å². The standard InChI is InChI=1S/C27H24N2O8S/c1-29(2)19-8-9-21(37-38(35,36)16-6-4-3-5-7-16)23-17(19)11-14-10-15-12-20(30)18(13-28)25(32)27(15,34)26(33)22(14)24(23)31/h3-9,14-15,30,33-34H,10-12H2,1-2H3/t14-,15+,27-/m1/s1. The Labute approximate surface area is 218 Å². The summed E-state index contributed by atoms with van der Waals surface area (Å²) in [6, 6.07) is 12.0. The lowest BCUT2D eigenvalue weighted by Crippen LogP contribution is -2.55. The Morgan fingerprint density at radius 3 is 2.39 bits per heavy atom. The van der Waals surface area contributed by atoms with Crippen molar-refractivity contribution >= 4 is 27.4 Å². The van der Waals surface area contributed by atoms with Gasteiger partial charge in [-0.2, -0.15) is 13.7 Å². The molecule has 5 rings (SSSR count). The molecule has 0 amide bonds. The van der Waals surface area contributed by atoms with Crippen LogP contribution in [0.25, 0.3) is 0 Å². The number of carbonyl (C=O) groups is 2. The number of fused-ring (bicyclic) bond motifs is 3. The van der Waals surface area contributed by atoms with Gasteiger partial charge >= 0.3 is 10.1 Å². The highest BCUT2D eigenvalue weighted by Crippen LogP contribution is 2.52. The number of hydrogen-bond donors (Lipinski definition) is 3. The molecule has 0 heterocycles. The van der Waals surface area contributed by atoms with Crippen LogP contribution in [-0.4, -0.2) is 55.0 Å². The van der Waals surface area contributed by atoms with Crippen LogP contribution in [0.2, 0.25) is 0 Å². The first-order valence-electron chi connectivity index (χ1n) is 11.8. The predicted molar refractivity (Wildman–Crippen MR) is 134 cm³/mol. The zero-order valence-electron chi connectivity index (χ0n) is 20.5. The number of benzene rings is 2. The van der Waals surface area contributed by atoms with Crippen LogP contribution < -0.4 is 9.08 Å². The summed E-state index contributed by atoms with van der Waals surface area (Å²) >= 11 is 0. The van der Waals surface area contributed by atoms with Gasteiger partial charge in [-0.1, -0.05) is 18.2 Å². The molecule has 0 bridgehead atoms. The molecule has 0 saturated heterocycles. The quantitative estimate of drug-likeness (QED) is 0.495. The molecule has 0 saturated carbocycles. The van der Waals surface area contributed by atoms with Crippen molar-refractivity contribution in [2.24, 2.45) is 11.8 Å². The first-order chi connectivity index (χ1) is 17.9. The normalized spacial score (nSPS) is 24.8. The van der Waals surface area contributed by atoms with Crippen LogP contribution in [0.1, 0.15) is 28.8 Å². The highest BCUT2D eigenvalue weighted by atomic mass is 32.2. The maximum Gasteiger partial charge on any atom is 0.339 e. The maximum absolute atomic E-state index is 14.0. The SMILES string of the molecule is CN(C)c1ccc(OS(=O)(=O)c2ccccc2)c2c1C[C@H]1C[C@H]3CC(O)=C(C#N)C(=O)[C@@]3(O)C(O)=C1C2=O. The number of hydrogen-bond acceptors (Lipinski definition) is 10. The predicted octanol–water partition coefficient (Wildman–Crippen LogP) is 2.75. The molecular weight excluding hydrogens is 512 g/mol. The van der Waals surface area contributed by atoms with E-state index >= 15 is 0 Å². The van der Waals surface area contributed by atoms with Gasteiger partial charge < -0.3 is 24.4 Å². The number of aliphatic hydroxyl groups is 3. The van der Waals surface area contributed by atoms with E-state index in [1.807, 2.05) is 0 Å². The smallest absolute Gasteiger partial charge is 0.339 e. The van der Waals surface area contributed by atoms with Crippen molar-refractivity contribution in [3.63, 3.8) is 0 Å². The number of nitrogens with zero attached hydrogens (tertiary/aromatic N) is 2. The zero-order valence-corrected chi connectivity index (χ0v) is 21.3. The Balaban J connectivity index is 1.68. The molecule has 3 atom stereocenters. The number of carbonyl (C=O) groups excluding carboxylic acids is 2. The Hall–Kier alpha value is -4.14. The maximum atomic E-state index is 14.0. The molecule has 0 unspecified atom stereocenters. The van der Waals surface area contributed by atoms with E-state index in [9.17, 15) is 38.6 Å². The minimum Gasteiger partial charge on any atom is -0.511 e. The highest BCUT2D eigenvalue weighted by Gasteiger charge is 2.59. The van der Waals surface area contributed by atoms with Gasteiger partial charge in [0.2, 0.25) is 5.78 Å². The van der Waals surface area contributed by atoms with Crippen molar-refractivity contribution in [3.8, 4) is 11.8 Å². The number of allylic oxidation sites excluding steroid dienone is 2. The van der Waals surface area contributed by atoms with Gasteiger partial charge in [-0.15, -0.1) is 0 Å². The molecule has 3 aliphatic carbocycles. The van der Waals surface area contributed by atoms with Gasteiger partial charge in [-0.05, 0) is 48.6 Å². The van der Waals surface area contributed by atoms with Gasteiger partial charge in [0.15, 0.2) is 17.1 Å². The summed E-state index contributed by atoms with van der Waals surface area (Å²) < 4.78 is 31.4. The molecule has 0 spiro atoms. The number of aliphatic hydroxyl groups excluding tert-OH is 2. The average Bonchev–Trinajstić information content (AvgIpc) is 2.86. The Morgan fingerprint density at radius 2 is 1.76 bits per heavy atom. The minimum absolute atomic E-state index is 0.0653. The van der Waals surface area contributed by atoms with E-state index < -0.39 is 56.2 Å². The molecule has 2 aromatic rings. The second-order valence-corrected chi connectivity index (χ2v) is 11.4. The van der Waals surface area contributed by atoms with Gasteiger partial charge in [0.1, 0.15) is 28.1 Å². The molecule has 11 heteroatoms. The summed E-state index contributed by atoms with van der Waals surface area (Å²) in [5, 5.41) is 42.1. The number of nitriles is 1. The van der Waals surface area contributed by atoms with Crippen LogP contribution in [-0.2, 0) is 21.3 Å². The lowest BCUT2D eigenvalue weighted by Gasteiger charge is -2.45. The van der Waals surface area contributed by atoms with Crippen LogP contribution in [0.5, 0.6) is 5.75 Å². The monoisotopic (exact) mass is 536 g/mol. The Kier molecular flexibility index (Phi) is 5.85. The summed E-state index contributed by atoms with van der Waals surface area (Å²) in [7, 11) is -0.801. The molecule has 0 radical (unpaired) electrons. The van der Waals surface area contributed by atoms with E-state index in [1.165, 1.54) is 30.3 Å². The topological polar surface area (TPSA) is 165 Å². The van der Waals surface area contributed by atoms with Crippen molar-refractivity contribution in [1.29, 1.82) is 5.26 Å². The second kappa shape index (κ2) is 8.72. The molecule has 10 nitrogen and oxygen atoms in total. The first kappa shape index (κ1) is 25.5. The van der Waals surface area contributed by atoms with Crippen LogP contribution in [0.15, 0.2) is 70.0 Å². The molecule has 0 fully saturated rings. The van der Waals surface area contributed by atoms with Gasteiger partial charge in [-0.3, -0.25) is 9.59 Å². The number of rotatable bonds is 4. The fourth-order valence-corrected chi connectivity index (χ4v) is 6.65. The summed E-state index contributed by atoms with van der Waals surface area (Å²) in [6.07, 6.45) is 0.0157. The molecule has 3 aliphatic rings. The summed E-state index contributed by atoms with van der Waals surface area (Å²) in [6.45, 7) is 0. The van der Waals surface area contributed by atoms with Gasteiger partial charge in [0, 0.05) is 37.7 Å². The van der Waals surface area contributed by atoms with E-state index in [0.29, 0.717) is 11.3 Å². The summed E-state index contributed by atoms with van der Waals surface area (Å²) in [4.78, 5) is 28.6. The lowest BCUT2D eigenvalue weighted by molar-refractivity contribution is -0.142. The fraction of sp³-hybridized carbons (Fsp3) is 0.296. The van der Waals surface area contributed by atoms with Gasteiger partial charge in [-0.25, -0.2) is 0 Å². The van der Waals surface area contributed by atoms with Crippen molar-refractivity contribution < 1.29 is 37.5 Å². The number of Topliss-reactive ketones (excluding diaryl/α,β-unsaturated/α-hetero) is 2. The third-order valence-electron chi connectivity index (χ3n) is 7.48. The first-order valence-corrected chi connectivity index (χ1v) is 13.2. The van der Waals surface area contributed by atoms with Crippen molar-refractivity contribution in [3.05, 3.63) is 76.3 Å². The van der Waals surface area contributed by atoms with Gasteiger partial charge in [0.05, 0.1) is 5.56 Å². The molecular formula is C27H24N2O8S. The largest absolute Gasteiger partial charge is 0.511 e. The van der Waals surface area contributed by atoms with Crippen LogP contribution >= 0.6 is 0 Å². The van der Waals surface area contributed by atoms with Crippen LogP contribution in [0.4, 0.5) is 5.69 Å². The summed E-state index contributed by atoms with van der Waals surface area (Å²) in [5.41, 5.74) is -2.45.